The van der Waals surface area contributed by atoms with E-state index in [-0.39, 0.29) is 11.4 Å². The number of nitrogens with zero attached hydrogens (tertiary/aromatic N) is 2. The van der Waals surface area contributed by atoms with E-state index in [0.29, 0.717) is 11.4 Å². The molecule has 0 spiro atoms. The van der Waals surface area contributed by atoms with Crippen molar-refractivity contribution in [2.45, 2.75) is 53.1 Å². The summed E-state index contributed by atoms with van der Waals surface area (Å²) in [6.45, 7) is 8.83. The number of ether oxygens (including phenoxy) is 4. The van der Waals surface area contributed by atoms with Crippen molar-refractivity contribution >= 4 is 46.7 Å². The molecule has 0 aliphatic carbocycles. The lowest BCUT2D eigenvalue weighted by Gasteiger charge is -2.33. The largest absolute Gasteiger partial charge is 0.422 e. The fourth-order valence-electron chi connectivity index (χ4n) is 3.28. The van der Waals surface area contributed by atoms with E-state index < -0.39 is 47.3 Å². The van der Waals surface area contributed by atoms with Gasteiger partial charge in [-0.05, 0) is 26.0 Å². The van der Waals surface area contributed by atoms with Gasteiger partial charge in [0.1, 0.15) is 0 Å². The summed E-state index contributed by atoms with van der Waals surface area (Å²) in [6.07, 6.45) is 0. The quantitative estimate of drug-likeness (QED) is 0.394. The van der Waals surface area contributed by atoms with Gasteiger partial charge < -0.3 is 18.9 Å². The molecule has 2 aliphatic heterocycles. The van der Waals surface area contributed by atoms with Gasteiger partial charge in [0.2, 0.25) is 0 Å². The first-order valence-electron chi connectivity index (χ1n) is 9.90. The second kappa shape index (κ2) is 8.18. The molecular formula is C22H24N2O8. The number of carbonyl (C=O) groups excluding carboxylic acids is 4. The molecule has 0 N–H and O–H groups in total. The minimum atomic E-state index is -1.35. The minimum absolute atomic E-state index is 0.147. The molecule has 3 rings (SSSR count). The number of rotatable bonds is 4. The topological polar surface area (TPSA) is 130 Å². The van der Waals surface area contributed by atoms with E-state index in [1.54, 1.807) is 24.3 Å². The second-order valence-electron chi connectivity index (χ2n) is 8.35. The van der Waals surface area contributed by atoms with Crippen molar-refractivity contribution in [3.63, 3.8) is 0 Å². The molecule has 0 bridgehead atoms. The smallest absolute Gasteiger partial charge is 0.329 e. The summed E-state index contributed by atoms with van der Waals surface area (Å²) in [4.78, 5) is 58.0. The SMILES string of the molecule is CC(=Nc1ccccc1N=C(C)C1C(=O)OC(C)(C)OC1=O)C1C(=O)OC(C)(C)OC1=O. The highest BCUT2D eigenvalue weighted by molar-refractivity contribution is 6.19. The van der Waals surface area contributed by atoms with Crippen LogP contribution in [0.1, 0.15) is 41.5 Å². The first-order valence-corrected chi connectivity index (χ1v) is 9.90. The average Bonchev–Trinajstić information content (AvgIpc) is 2.59. The lowest BCUT2D eigenvalue weighted by Crippen LogP contribution is -2.48. The fourth-order valence-corrected chi connectivity index (χ4v) is 3.28. The van der Waals surface area contributed by atoms with Crippen molar-refractivity contribution in [2.75, 3.05) is 0 Å². The highest BCUT2D eigenvalue weighted by Gasteiger charge is 2.46. The van der Waals surface area contributed by atoms with Gasteiger partial charge >= 0.3 is 23.9 Å². The van der Waals surface area contributed by atoms with E-state index >= 15 is 0 Å². The van der Waals surface area contributed by atoms with E-state index in [4.69, 9.17) is 18.9 Å². The van der Waals surface area contributed by atoms with Gasteiger partial charge in [-0.15, -0.1) is 0 Å². The Morgan fingerprint density at radius 2 is 0.938 bits per heavy atom. The Bertz CT molecular complexity index is 931. The zero-order valence-corrected chi connectivity index (χ0v) is 18.6. The molecule has 0 aromatic heterocycles. The molecule has 0 saturated carbocycles. The van der Waals surface area contributed by atoms with E-state index in [1.807, 2.05) is 0 Å². The number of hydrogen-bond donors (Lipinski definition) is 0. The molecule has 10 heteroatoms. The zero-order chi connectivity index (χ0) is 23.8. The third kappa shape index (κ3) is 4.84. The maximum Gasteiger partial charge on any atom is 0.329 e. The Balaban J connectivity index is 1.91. The third-order valence-corrected chi connectivity index (χ3v) is 4.64. The van der Waals surface area contributed by atoms with E-state index in [0.717, 1.165) is 0 Å². The van der Waals surface area contributed by atoms with Gasteiger partial charge in [0, 0.05) is 39.1 Å². The van der Waals surface area contributed by atoms with Crippen LogP contribution in [-0.4, -0.2) is 46.9 Å². The Morgan fingerprint density at radius 3 is 1.22 bits per heavy atom. The van der Waals surface area contributed by atoms with E-state index in [2.05, 4.69) is 9.98 Å². The molecule has 32 heavy (non-hydrogen) atoms. The van der Waals surface area contributed by atoms with Crippen molar-refractivity contribution in [1.82, 2.24) is 0 Å². The Labute approximate surface area is 184 Å². The van der Waals surface area contributed by atoms with Crippen LogP contribution in [0.5, 0.6) is 0 Å². The Kier molecular flexibility index (Phi) is 5.90. The lowest BCUT2D eigenvalue weighted by molar-refractivity contribution is -0.237. The monoisotopic (exact) mass is 444 g/mol. The fraction of sp³-hybridized carbons (Fsp3) is 0.455. The molecule has 2 saturated heterocycles. The maximum absolute atomic E-state index is 12.3. The van der Waals surface area contributed by atoms with Gasteiger partial charge in [0.15, 0.2) is 11.8 Å². The van der Waals surface area contributed by atoms with E-state index in [9.17, 15) is 19.2 Å². The van der Waals surface area contributed by atoms with Crippen LogP contribution in [0.2, 0.25) is 0 Å². The number of benzene rings is 1. The number of hydrogen-bond acceptors (Lipinski definition) is 10. The van der Waals surface area contributed by atoms with Crippen LogP contribution >= 0.6 is 0 Å². The van der Waals surface area contributed by atoms with Crippen LogP contribution in [0, 0.1) is 11.8 Å². The number of para-hydroxylation sites is 2. The number of esters is 4. The molecule has 2 aliphatic rings. The zero-order valence-electron chi connectivity index (χ0n) is 18.6. The van der Waals surface area contributed by atoms with Crippen LogP contribution in [-0.2, 0) is 38.1 Å². The first kappa shape index (κ1) is 23.1. The Morgan fingerprint density at radius 1 is 0.656 bits per heavy atom. The van der Waals surface area contributed by atoms with Crippen LogP contribution in [0.4, 0.5) is 11.4 Å². The van der Waals surface area contributed by atoms with Crippen LogP contribution in [0.15, 0.2) is 34.3 Å². The summed E-state index contributed by atoms with van der Waals surface area (Å²) in [5.74, 6) is -8.37. The highest BCUT2D eigenvalue weighted by atomic mass is 16.8. The normalized spacial score (nSPS) is 22.1. The highest BCUT2D eigenvalue weighted by Crippen LogP contribution is 2.32. The summed E-state index contributed by atoms with van der Waals surface area (Å²) < 4.78 is 20.5. The molecule has 10 nitrogen and oxygen atoms in total. The molecule has 0 atom stereocenters. The van der Waals surface area contributed by atoms with E-state index in [1.165, 1.54) is 41.5 Å². The van der Waals surface area contributed by atoms with Crippen molar-refractivity contribution in [1.29, 1.82) is 0 Å². The van der Waals surface area contributed by atoms with Crippen molar-refractivity contribution in [3.8, 4) is 0 Å². The number of cyclic esters (lactones) is 4. The van der Waals surface area contributed by atoms with Gasteiger partial charge in [0.05, 0.1) is 11.4 Å². The Hall–Kier alpha value is -3.56. The summed E-state index contributed by atoms with van der Waals surface area (Å²) >= 11 is 0. The molecule has 0 amide bonds. The van der Waals surface area contributed by atoms with Crippen LogP contribution in [0.3, 0.4) is 0 Å². The summed E-state index contributed by atoms with van der Waals surface area (Å²) in [7, 11) is 0. The third-order valence-electron chi connectivity index (χ3n) is 4.64. The van der Waals surface area contributed by atoms with Gasteiger partial charge in [-0.2, -0.15) is 0 Å². The van der Waals surface area contributed by atoms with Crippen molar-refractivity contribution in [2.24, 2.45) is 21.8 Å². The van der Waals surface area contributed by atoms with Crippen LogP contribution < -0.4 is 0 Å². The molecule has 2 heterocycles. The molecule has 1 aromatic carbocycles. The summed E-state index contributed by atoms with van der Waals surface area (Å²) in [5, 5.41) is 0. The molecule has 0 unspecified atom stereocenters. The van der Waals surface area contributed by atoms with Crippen LogP contribution in [0.25, 0.3) is 0 Å². The predicted molar refractivity (Wildman–Crippen MR) is 111 cm³/mol. The standard InChI is InChI=1S/C22H24N2O8/c1-11(15-17(25)29-21(3,4)30-18(15)26)23-13-9-7-8-10-14(13)24-12(2)16-19(27)31-22(5,6)32-20(16)28/h7-10,15-16H,1-6H3. The first-order chi connectivity index (χ1) is 14.8. The van der Waals surface area contributed by atoms with Gasteiger partial charge in [-0.1, -0.05) is 12.1 Å². The lowest BCUT2D eigenvalue weighted by atomic mass is 10.0. The molecular weight excluding hydrogens is 420 g/mol. The van der Waals surface area contributed by atoms with Crippen molar-refractivity contribution < 1.29 is 38.1 Å². The van der Waals surface area contributed by atoms with Gasteiger partial charge in [0.25, 0.3) is 11.6 Å². The molecule has 0 radical (unpaired) electrons. The molecule has 2 fully saturated rings. The molecule has 1 aromatic rings. The average molecular weight is 444 g/mol. The number of aliphatic imine (C=N–C) groups is 2. The molecule has 170 valence electrons. The second-order valence-corrected chi connectivity index (χ2v) is 8.35. The maximum atomic E-state index is 12.3. The van der Waals surface area contributed by atoms with Gasteiger partial charge in [-0.3, -0.25) is 29.2 Å². The summed E-state index contributed by atoms with van der Waals surface area (Å²) in [6, 6.07) is 6.60. The number of carbonyl (C=O) groups is 4. The predicted octanol–water partition coefficient (Wildman–Crippen LogP) is 2.78. The van der Waals surface area contributed by atoms with Gasteiger partial charge in [-0.25, -0.2) is 0 Å². The van der Waals surface area contributed by atoms with Crippen molar-refractivity contribution in [3.05, 3.63) is 24.3 Å². The summed E-state index contributed by atoms with van der Waals surface area (Å²) in [5.41, 5.74) is 0.920. The minimum Gasteiger partial charge on any atom is -0.422 e.